The summed E-state index contributed by atoms with van der Waals surface area (Å²) in [6, 6.07) is -0.225. The van der Waals surface area contributed by atoms with E-state index in [1.165, 1.54) is 0 Å². The number of hydrogen-bond acceptors (Lipinski definition) is 2. The van der Waals surface area contributed by atoms with Crippen molar-refractivity contribution in [2.75, 3.05) is 13.1 Å². The lowest BCUT2D eigenvalue weighted by Gasteiger charge is -2.16. The van der Waals surface area contributed by atoms with Gasteiger partial charge in [-0.25, -0.2) is 4.79 Å². The number of amides is 2. The zero-order valence-electron chi connectivity index (χ0n) is 11.2. The molecule has 2 amide bonds. The third kappa shape index (κ3) is 5.64. The summed E-state index contributed by atoms with van der Waals surface area (Å²) in [6.45, 7) is 1.04. The SMILES string of the molecule is C#CCCCCNC(=O)NCC1CCCC1C(=O)O. The van der Waals surface area contributed by atoms with E-state index < -0.39 is 5.97 Å². The highest BCUT2D eigenvalue weighted by Crippen LogP contribution is 2.31. The van der Waals surface area contributed by atoms with Crippen molar-refractivity contribution in [1.82, 2.24) is 10.6 Å². The van der Waals surface area contributed by atoms with Crippen LogP contribution in [-0.4, -0.2) is 30.2 Å². The average Bonchev–Trinajstić information content (AvgIpc) is 2.84. The van der Waals surface area contributed by atoms with Crippen LogP contribution < -0.4 is 10.6 Å². The van der Waals surface area contributed by atoms with Crippen LogP contribution in [0.5, 0.6) is 0 Å². The highest BCUT2D eigenvalue weighted by Gasteiger charge is 2.32. The molecule has 0 aromatic carbocycles. The van der Waals surface area contributed by atoms with E-state index in [9.17, 15) is 9.59 Å². The molecule has 0 heterocycles. The van der Waals surface area contributed by atoms with Crippen LogP contribution in [0.2, 0.25) is 0 Å². The van der Waals surface area contributed by atoms with Crippen molar-refractivity contribution in [2.24, 2.45) is 11.8 Å². The van der Waals surface area contributed by atoms with Crippen LogP contribution in [0.4, 0.5) is 4.79 Å². The fourth-order valence-electron chi connectivity index (χ4n) is 2.45. The number of terminal acetylenes is 1. The zero-order chi connectivity index (χ0) is 14.1. The molecule has 3 N–H and O–H groups in total. The van der Waals surface area contributed by atoms with E-state index in [-0.39, 0.29) is 17.9 Å². The lowest BCUT2D eigenvalue weighted by Crippen LogP contribution is -2.40. The van der Waals surface area contributed by atoms with Crippen molar-refractivity contribution in [2.45, 2.75) is 38.5 Å². The lowest BCUT2D eigenvalue weighted by molar-refractivity contribution is -0.142. The van der Waals surface area contributed by atoms with Crippen LogP contribution in [0.1, 0.15) is 38.5 Å². The maximum atomic E-state index is 11.5. The Morgan fingerprint density at radius 2 is 2.05 bits per heavy atom. The summed E-state index contributed by atoms with van der Waals surface area (Å²) in [5, 5.41) is 14.5. The van der Waals surface area contributed by atoms with Gasteiger partial charge in [0.2, 0.25) is 0 Å². The summed E-state index contributed by atoms with van der Waals surface area (Å²) in [6.07, 6.45) is 10.1. The second-order valence-corrected chi connectivity index (χ2v) is 4.93. The Kier molecular flexibility index (Phi) is 6.80. The Labute approximate surface area is 114 Å². The van der Waals surface area contributed by atoms with Crippen molar-refractivity contribution in [3.05, 3.63) is 0 Å². The summed E-state index contributed by atoms with van der Waals surface area (Å²) in [7, 11) is 0. The quantitative estimate of drug-likeness (QED) is 0.483. The molecule has 1 saturated carbocycles. The van der Waals surface area contributed by atoms with Crippen LogP contribution in [0.25, 0.3) is 0 Å². The monoisotopic (exact) mass is 266 g/mol. The molecule has 2 atom stereocenters. The maximum absolute atomic E-state index is 11.5. The molecule has 1 aliphatic rings. The molecule has 1 fully saturated rings. The molecule has 0 spiro atoms. The lowest BCUT2D eigenvalue weighted by atomic mass is 9.96. The van der Waals surface area contributed by atoms with E-state index in [0.29, 0.717) is 13.1 Å². The summed E-state index contributed by atoms with van der Waals surface area (Å²) >= 11 is 0. The van der Waals surface area contributed by atoms with E-state index in [1.54, 1.807) is 0 Å². The highest BCUT2D eigenvalue weighted by atomic mass is 16.4. The van der Waals surface area contributed by atoms with Gasteiger partial charge in [0.25, 0.3) is 0 Å². The first kappa shape index (κ1) is 15.4. The first-order chi connectivity index (χ1) is 9.15. The van der Waals surface area contributed by atoms with Gasteiger partial charge >= 0.3 is 12.0 Å². The van der Waals surface area contributed by atoms with E-state index in [0.717, 1.165) is 38.5 Å². The van der Waals surface area contributed by atoms with Gasteiger partial charge in [-0.2, -0.15) is 0 Å². The van der Waals surface area contributed by atoms with Crippen molar-refractivity contribution in [3.8, 4) is 12.3 Å². The number of carbonyl (C=O) groups is 2. The fraction of sp³-hybridized carbons (Fsp3) is 0.714. The number of carboxylic acid groups (broad SMARTS) is 1. The number of unbranched alkanes of at least 4 members (excludes halogenated alkanes) is 2. The standard InChI is InChI=1S/C14H22N2O3/c1-2-3-4-5-9-15-14(19)16-10-11-7-6-8-12(11)13(17)18/h1,11-12H,3-10H2,(H,17,18)(H2,15,16,19). The molecule has 0 saturated heterocycles. The third-order valence-electron chi connectivity index (χ3n) is 3.53. The molecule has 1 aliphatic carbocycles. The van der Waals surface area contributed by atoms with Crippen molar-refractivity contribution >= 4 is 12.0 Å². The smallest absolute Gasteiger partial charge is 0.314 e. The maximum Gasteiger partial charge on any atom is 0.314 e. The van der Waals surface area contributed by atoms with Crippen LogP contribution in [-0.2, 0) is 4.79 Å². The van der Waals surface area contributed by atoms with Crippen molar-refractivity contribution in [1.29, 1.82) is 0 Å². The predicted molar refractivity (Wildman–Crippen MR) is 72.6 cm³/mol. The number of nitrogens with one attached hydrogen (secondary N) is 2. The minimum absolute atomic E-state index is 0.0599. The molecule has 5 heteroatoms. The predicted octanol–water partition coefficient (Wildman–Crippen LogP) is 1.59. The van der Waals surface area contributed by atoms with Gasteiger partial charge in [0, 0.05) is 19.5 Å². The summed E-state index contributed by atoms with van der Waals surface area (Å²) < 4.78 is 0. The zero-order valence-corrected chi connectivity index (χ0v) is 11.2. The van der Waals surface area contributed by atoms with Crippen LogP contribution in [0.3, 0.4) is 0 Å². The molecule has 0 bridgehead atoms. The van der Waals surface area contributed by atoms with Crippen molar-refractivity contribution in [3.63, 3.8) is 0 Å². The molecule has 1 rings (SSSR count). The normalized spacial score (nSPS) is 21.6. The summed E-state index contributed by atoms with van der Waals surface area (Å²) in [5.41, 5.74) is 0. The van der Waals surface area contributed by atoms with Crippen LogP contribution in [0.15, 0.2) is 0 Å². The average molecular weight is 266 g/mol. The Morgan fingerprint density at radius 3 is 2.74 bits per heavy atom. The molecular weight excluding hydrogens is 244 g/mol. The van der Waals surface area contributed by atoms with E-state index >= 15 is 0 Å². The topological polar surface area (TPSA) is 78.4 Å². The number of carbonyl (C=O) groups excluding carboxylic acids is 1. The largest absolute Gasteiger partial charge is 0.481 e. The van der Waals surface area contributed by atoms with Gasteiger partial charge in [-0.05, 0) is 31.6 Å². The molecular formula is C14H22N2O3. The van der Waals surface area contributed by atoms with Crippen molar-refractivity contribution < 1.29 is 14.7 Å². The summed E-state index contributed by atoms with van der Waals surface area (Å²) in [5.74, 6) is 1.55. The Bertz CT molecular complexity index is 349. The van der Waals surface area contributed by atoms with E-state index in [4.69, 9.17) is 11.5 Å². The minimum atomic E-state index is -0.751. The Balaban J connectivity index is 2.13. The molecule has 0 aliphatic heterocycles. The van der Waals surface area contributed by atoms with Gasteiger partial charge in [0.15, 0.2) is 0 Å². The van der Waals surface area contributed by atoms with E-state index in [1.807, 2.05) is 0 Å². The Hall–Kier alpha value is -1.70. The molecule has 0 radical (unpaired) electrons. The van der Waals surface area contributed by atoms with Gasteiger partial charge in [0.05, 0.1) is 5.92 Å². The number of urea groups is 1. The second-order valence-electron chi connectivity index (χ2n) is 4.93. The third-order valence-corrected chi connectivity index (χ3v) is 3.53. The van der Waals surface area contributed by atoms with Gasteiger partial charge in [-0.3, -0.25) is 4.79 Å². The number of carboxylic acids is 1. The molecule has 19 heavy (non-hydrogen) atoms. The van der Waals surface area contributed by atoms with Gasteiger partial charge in [0.1, 0.15) is 0 Å². The second kappa shape index (κ2) is 8.41. The number of hydrogen-bond donors (Lipinski definition) is 3. The minimum Gasteiger partial charge on any atom is -0.481 e. The van der Waals surface area contributed by atoms with Crippen LogP contribution >= 0.6 is 0 Å². The highest BCUT2D eigenvalue weighted by molar-refractivity contribution is 5.74. The van der Waals surface area contributed by atoms with Gasteiger partial charge < -0.3 is 15.7 Å². The molecule has 0 aromatic heterocycles. The first-order valence-corrected chi connectivity index (χ1v) is 6.83. The fourth-order valence-corrected chi connectivity index (χ4v) is 2.45. The van der Waals surface area contributed by atoms with Gasteiger partial charge in [-0.1, -0.05) is 6.42 Å². The molecule has 0 aromatic rings. The molecule has 5 nitrogen and oxygen atoms in total. The number of aliphatic carboxylic acids is 1. The molecule has 106 valence electrons. The molecule has 2 unspecified atom stereocenters. The van der Waals surface area contributed by atoms with E-state index in [2.05, 4.69) is 16.6 Å². The number of rotatable bonds is 7. The summed E-state index contributed by atoms with van der Waals surface area (Å²) in [4.78, 5) is 22.5. The van der Waals surface area contributed by atoms with Gasteiger partial charge in [-0.15, -0.1) is 12.3 Å². The Morgan fingerprint density at radius 1 is 1.26 bits per heavy atom. The first-order valence-electron chi connectivity index (χ1n) is 6.83. The van der Waals surface area contributed by atoms with Crippen LogP contribution in [0, 0.1) is 24.2 Å².